The molecule has 0 saturated carbocycles. The summed E-state index contributed by atoms with van der Waals surface area (Å²) in [7, 11) is -3.39. The molecule has 8 nitrogen and oxygen atoms in total. The maximum atomic E-state index is 12.1. The summed E-state index contributed by atoms with van der Waals surface area (Å²) in [5.74, 6) is 0.545. The molecule has 0 fully saturated rings. The number of benzene rings is 3. The third-order valence-corrected chi connectivity index (χ3v) is 8.00. The van der Waals surface area contributed by atoms with Crippen LogP contribution in [0.15, 0.2) is 72.8 Å². The van der Waals surface area contributed by atoms with E-state index >= 15 is 0 Å². The number of aryl methyl sites for hydroxylation is 1. The van der Waals surface area contributed by atoms with Crippen molar-refractivity contribution in [3.05, 3.63) is 83.9 Å². The van der Waals surface area contributed by atoms with Gasteiger partial charge >= 0.3 is 5.97 Å². The van der Waals surface area contributed by atoms with Gasteiger partial charge in [0.25, 0.3) is 0 Å². The van der Waals surface area contributed by atoms with E-state index in [-0.39, 0.29) is 5.97 Å². The number of sulfonamides is 1. The summed E-state index contributed by atoms with van der Waals surface area (Å²) in [5, 5.41) is 14.8. The summed E-state index contributed by atoms with van der Waals surface area (Å²) in [6.45, 7) is 3.40. The highest BCUT2D eigenvalue weighted by atomic mass is 32.2. The Morgan fingerprint density at radius 3 is 2.60 bits per heavy atom. The summed E-state index contributed by atoms with van der Waals surface area (Å²) < 4.78 is 37.5. The van der Waals surface area contributed by atoms with Gasteiger partial charge in [0, 0.05) is 34.8 Å². The SMILES string of the molecule is CCOC(=O)CCc1c(-c2ccccc2)sc2cc(OCCNC[C@H](O)c3cccc(NS(C)(=O)=O)c3)ccc12. The molecule has 40 heavy (non-hydrogen) atoms. The van der Waals surface area contributed by atoms with E-state index < -0.39 is 16.1 Å². The van der Waals surface area contributed by atoms with Crippen LogP contribution < -0.4 is 14.8 Å². The zero-order valence-electron chi connectivity index (χ0n) is 22.6. The van der Waals surface area contributed by atoms with Crippen LogP contribution in [0.25, 0.3) is 20.5 Å². The fourth-order valence-corrected chi connectivity index (χ4v) is 6.21. The number of rotatable bonds is 14. The predicted octanol–water partition coefficient (Wildman–Crippen LogP) is 5.14. The highest BCUT2D eigenvalue weighted by molar-refractivity contribution is 7.92. The van der Waals surface area contributed by atoms with Crippen molar-refractivity contribution in [3.63, 3.8) is 0 Å². The van der Waals surface area contributed by atoms with Crippen molar-refractivity contribution in [3.8, 4) is 16.2 Å². The van der Waals surface area contributed by atoms with E-state index in [1.54, 1.807) is 35.6 Å². The van der Waals surface area contributed by atoms with Crippen molar-refractivity contribution in [1.29, 1.82) is 0 Å². The monoisotopic (exact) mass is 582 g/mol. The second-order valence-corrected chi connectivity index (χ2v) is 12.1. The normalized spacial score (nSPS) is 12.3. The number of fused-ring (bicyclic) bond motifs is 1. The summed E-state index contributed by atoms with van der Waals surface area (Å²) in [4.78, 5) is 13.2. The molecule has 1 aromatic heterocycles. The Kier molecular flexibility index (Phi) is 10.2. The van der Waals surface area contributed by atoms with Crippen LogP contribution in [0.5, 0.6) is 5.75 Å². The number of carbonyl (C=O) groups excluding carboxylic acids is 1. The van der Waals surface area contributed by atoms with Crippen molar-refractivity contribution in [2.45, 2.75) is 25.9 Å². The molecule has 0 aliphatic carbocycles. The molecule has 10 heteroatoms. The molecule has 0 amide bonds. The minimum absolute atomic E-state index is 0.197. The number of aliphatic hydroxyl groups excluding tert-OH is 1. The van der Waals surface area contributed by atoms with Crippen molar-refractivity contribution in [2.75, 3.05) is 37.3 Å². The van der Waals surface area contributed by atoms with Gasteiger partial charge in [-0.15, -0.1) is 11.3 Å². The Hall–Kier alpha value is -3.44. The highest BCUT2D eigenvalue weighted by Gasteiger charge is 2.16. The number of hydrogen-bond donors (Lipinski definition) is 3. The Morgan fingerprint density at radius 1 is 1.05 bits per heavy atom. The van der Waals surface area contributed by atoms with E-state index in [9.17, 15) is 18.3 Å². The van der Waals surface area contributed by atoms with Crippen molar-refractivity contribution >= 4 is 43.1 Å². The van der Waals surface area contributed by atoms with E-state index in [0.29, 0.717) is 50.4 Å². The lowest BCUT2D eigenvalue weighted by Gasteiger charge is -2.14. The molecule has 3 aromatic carbocycles. The van der Waals surface area contributed by atoms with Crippen LogP contribution in [0.1, 0.15) is 30.6 Å². The Balaban J connectivity index is 1.36. The molecule has 0 spiro atoms. The second kappa shape index (κ2) is 13.8. The molecule has 0 unspecified atom stereocenters. The van der Waals surface area contributed by atoms with Gasteiger partial charge in [-0.1, -0.05) is 42.5 Å². The number of hydrogen-bond acceptors (Lipinski definition) is 8. The molecule has 4 aromatic rings. The number of thiophene rings is 1. The number of ether oxygens (including phenoxy) is 2. The number of aliphatic hydroxyl groups is 1. The Bertz CT molecular complexity index is 1540. The number of esters is 1. The van der Waals surface area contributed by atoms with Crippen LogP contribution in [-0.2, 0) is 26.0 Å². The largest absolute Gasteiger partial charge is 0.492 e. The van der Waals surface area contributed by atoms with Crippen LogP contribution in [0.3, 0.4) is 0 Å². The molecule has 3 N–H and O–H groups in total. The highest BCUT2D eigenvalue weighted by Crippen LogP contribution is 2.40. The summed E-state index contributed by atoms with van der Waals surface area (Å²) >= 11 is 1.68. The molecule has 212 valence electrons. The van der Waals surface area contributed by atoms with Crippen LogP contribution >= 0.6 is 11.3 Å². The predicted molar refractivity (Wildman–Crippen MR) is 160 cm³/mol. The average Bonchev–Trinajstić information content (AvgIpc) is 3.29. The van der Waals surface area contributed by atoms with Gasteiger partial charge in [0.2, 0.25) is 10.0 Å². The van der Waals surface area contributed by atoms with Gasteiger partial charge in [-0.3, -0.25) is 9.52 Å². The first-order chi connectivity index (χ1) is 19.2. The van der Waals surface area contributed by atoms with E-state index in [1.165, 1.54) is 0 Å². The van der Waals surface area contributed by atoms with Crippen LogP contribution in [0.4, 0.5) is 5.69 Å². The van der Waals surface area contributed by atoms with Gasteiger partial charge in [0.1, 0.15) is 12.4 Å². The maximum Gasteiger partial charge on any atom is 0.306 e. The summed E-state index contributed by atoms with van der Waals surface area (Å²) in [6.07, 6.45) is 1.21. The minimum atomic E-state index is -3.39. The van der Waals surface area contributed by atoms with Gasteiger partial charge in [-0.2, -0.15) is 0 Å². The first kappa shape index (κ1) is 29.5. The van der Waals surface area contributed by atoms with E-state index in [2.05, 4.69) is 22.2 Å². The second-order valence-electron chi connectivity index (χ2n) is 9.31. The molecule has 0 saturated heterocycles. The number of anilines is 1. The van der Waals surface area contributed by atoms with Gasteiger partial charge < -0.3 is 19.9 Å². The maximum absolute atomic E-state index is 12.1. The lowest BCUT2D eigenvalue weighted by Crippen LogP contribution is -2.26. The molecule has 1 heterocycles. The Morgan fingerprint density at radius 2 is 1.85 bits per heavy atom. The number of carbonyl (C=O) groups is 1. The third kappa shape index (κ3) is 8.28. The molecular formula is C30H34N2O6S2. The van der Waals surface area contributed by atoms with Crippen molar-refractivity contribution < 1.29 is 27.8 Å². The fraction of sp³-hybridized carbons (Fsp3) is 0.300. The molecule has 1 atom stereocenters. The summed E-state index contributed by atoms with van der Waals surface area (Å²) in [6, 6.07) is 22.9. The summed E-state index contributed by atoms with van der Waals surface area (Å²) in [5.41, 5.74) is 3.27. The minimum Gasteiger partial charge on any atom is -0.492 e. The fourth-order valence-electron chi connectivity index (χ4n) is 4.37. The van der Waals surface area contributed by atoms with Crippen molar-refractivity contribution in [1.82, 2.24) is 5.32 Å². The van der Waals surface area contributed by atoms with Crippen LogP contribution in [0.2, 0.25) is 0 Å². The molecule has 0 aliphatic rings. The molecule has 0 radical (unpaired) electrons. The quantitative estimate of drug-likeness (QED) is 0.139. The van der Waals surface area contributed by atoms with Gasteiger partial charge in [-0.05, 0) is 65.8 Å². The van der Waals surface area contributed by atoms with Gasteiger partial charge in [0.05, 0.1) is 19.0 Å². The van der Waals surface area contributed by atoms with Crippen LogP contribution in [0, 0.1) is 0 Å². The lowest BCUT2D eigenvalue weighted by molar-refractivity contribution is -0.143. The zero-order valence-corrected chi connectivity index (χ0v) is 24.2. The smallest absolute Gasteiger partial charge is 0.306 e. The molecule has 4 rings (SSSR count). The topological polar surface area (TPSA) is 114 Å². The third-order valence-electron chi connectivity index (χ3n) is 6.14. The van der Waals surface area contributed by atoms with E-state index in [4.69, 9.17) is 9.47 Å². The average molecular weight is 583 g/mol. The molecule has 0 bridgehead atoms. The first-order valence-corrected chi connectivity index (χ1v) is 15.8. The van der Waals surface area contributed by atoms with Gasteiger partial charge in [-0.25, -0.2) is 8.42 Å². The van der Waals surface area contributed by atoms with Gasteiger partial charge in [0.15, 0.2) is 0 Å². The van der Waals surface area contributed by atoms with E-state index in [0.717, 1.165) is 38.1 Å². The first-order valence-electron chi connectivity index (χ1n) is 13.1. The standard InChI is InChI=1S/C30H34N2O6S2/c1-3-37-29(34)15-14-26-25-13-12-24(19-28(25)39-30(26)21-8-5-4-6-9-21)38-17-16-31-20-27(33)22-10-7-11-23(18-22)32-40(2,35)36/h4-13,18-19,27,31-33H,3,14-17,20H2,1-2H3/t27-/m0/s1. The lowest BCUT2D eigenvalue weighted by atomic mass is 10.0. The van der Waals surface area contributed by atoms with Crippen molar-refractivity contribution in [2.24, 2.45) is 0 Å². The zero-order chi connectivity index (χ0) is 28.5. The molecular weight excluding hydrogens is 548 g/mol. The molecule has 0 aliphatic heterocycles. The van der Waals surface area contributed by atoms with E-state index in [1.807, 2.05) is 43.3 Å². The Labute approximate surface area is 239 Å². The van der Waals surface area contributed by atoms with Crippen LogP contribution in [-0.4, -0.2) is 52.1 Å². The number of nitrogens with one attached hydrogen (secondary N) is 2.